The van der Waals surface area contributed by atoms with Gasteiger partial charge in [-0.2, -0.15) is 0 Å². The highest BCUT2D eigenvalue weighted by Gasteiger charge is 1.96. The van der Waals surface area contributed by atoms with Crippen molar-refractivity contribution in [1.82, 2.24) is 0 Å². The molecular weight excluding hydrogens is 228 g/mol. The van der Waals surface area contributed by atoms with E-state index in [1.807, 2.05) is 18.2 Å². The van der Waals surface area contributed by atoms with Crippen molar-refractivity contribution in [1.29, 1.82) is 0 Å². The van der Waals surface area contributed by atoms with E-state index in [4.69, 9.17) is 4.74 Å². The van der Waals surface area contributed by atoms with Crippen LogP contribution in [0, 0.1) is 6.92 Å². The van der Waals surface area contributed by atoms with E-state index in [1.165, 1.54) is 12.0 Å². The van der Waals surface area contributed by atoms with Crippen LogP contribution in [-0.4, -0.2) is 11.9 Å². The molecule has 0 spiro atoms. The van der Waals surface area contributed by atoms with Crippen molar-refractivity contribution in [2.45, 2.75) is 19.8 Å². The number of hydrogen-bond acceptors (Lipinski definition) is 1. The van der Waals surface area contributed by atoms with Gasteiger partial charge in [-0.3, -0.25) is 0 Å². The maximum absolute atomic E-state index is 5.62. The van der Waals surface area contributed by atoms with Crippen LogP contribution in [0.4, 0.5) is 0 Å². The van der Waals surface area contributed by atoms with Crippen molar-refractivity contribution >= 4 is 15.9 Å². The lowest BCUT2D eigenvalue weighted by Crippen LogP contribution is -1.98. The summed E-state index contributed by atoms with van der Waals surface area (Å²) in [6.45, 7) is 2.89. The van der Waals surface area contributed by atoms with Crippen LogP contribution in [0.1, 0.15) is 18.4 Å². The third-order valence-corrected chi connectivity index (χ3v) is 2.44. The fraction of sp³-hybridized carbons (Fsp3) is 0.455. The van der Waals surface area contributed by atoms with Crippen molar-refractivity contribution in [2.75, 3.05) is 11.9 Å². The molecule has 0 unspecified atom stereocenters. The quantitative estimate of drug-likeness (QED) is 0.567. The minimum atomic E-state index is 0.816. The molecule has 0 aromatic heterocycles. The van der Waals surface area contributed by atoms with Gasteiger partial charge in [0.05, 0.1) is 6.61 Å². The number of rotatable bonds is 5. The molecule has 72 valence electrons. The van der Waals surface area contributed by atoms with Crippen LogP contribution >= 0.6 is 15.9 Å². The highest BCUT2D eigenvalue weighted by Crippen LogP contribution is 2.16. The number of ether oxygens (including phenoxy) is 1. The van der Waals surface area contributed by atoms with Crippen LogP contribution in [-0.2, 0) is 0 Å². The van der Waals surface area contributed by atoms with Crippen LogP contribution in [0.5, 0.6) is 5.75 Å². The molecule has 0 heterocycles. The summed E-state index contributed by atoms with van der Waals surface area (Å²) < 4.78 is 5.62. The molecule has 0 aliphatic heterocycles. The molecule has 2 heteroatoms. The van der Waals surface area contributed by atoms with E-state index in [9.17, 15) is 0 Å². The second-order valence-corrected chi connectivity index (χ2v) is 3.80. The number of hydrogen-bond donors (Lipinski definition) is 0. The lowest BCUT2D eigenvalue weighted by Gasteiger charge is -2.07. The minimum absolute atomic E-state index is 0.816. The van der Waals surface area contributed by atoms with Crippen molar-refractivity contribution in [3.05, 3.63) is 29.8 Å². The molecule has 1 nitrogen and oxygen atoms in total. The zero-order chi connectivity index (χ0) is 9.52. The highest BCUT2D eigenvalue weighted by molar-refractivity contribution is 9.09. The first-order valence-corrected chi connectivity index (χ1v) is 5.71. The standard InChI is InChI=1S/C11H15BrO/c1-10-6-2-3-7-11(10)13-9-5-4-8-12/h2-3,6-7H,4-5,8-9H2,1H3. The Labute approximate surface area is 88.2 Å². The molecule has 0 bridgehead atoms. The first kappa shape index (κ1) is 10.6. The van der Waals surface area contributed by atoms with E-state index in [1.54, 1.807) is 0 Å². The topological polar surface area (TPSA) is 9.23 Å². The van der Waals surface area contributed by atoms with Crippen LogP contribution in [0.3, 0.4) is 0 Å². The van der Waals surface area contributed by atoms with E-state index in [2.05, 4.69) is 28.9 Å². The van der Waals surface area contributed by atoms with Crippen molar-refractivity contribution in [3.63, 3.8) is 0 Å². The molecule has 0 saturated heterocycles. The molecule has 0 radical (unpaired) electrons. The lowest BCUT2D eigenvalue weighted by atomic mass is 10.2. The van der Waals surface area contributed by atoms with E-state index in [0.29, 0.717) is 0 Å². The highest BCUT2D eigenvalue weighted by atomic mass is 79.9. The lowest BCUT2D eigenvalue weighted by molar-refractivity contribution is 0.308. The first-order chi connectivity index (χ1) is 6.34. The molecule has 0 aliphatic rings. The Morgan fingerprint density at radius 2 is 2.00 bits per heavy atom. The SMILES string of the molecule is Cc1ccccc1OCCCCBr. The van der Waals surface area contributed by atoms with Gasteiger partial charge in [0, 0.05) is 5.33 Å². The van der Waals surface area contributed by atoms with Gasteiger partial charge < -0.3 is 4.74 Å². The number of para-hydroxylation sites is 1. The number of alkyl halides is 1. The van der Waals surface area contributed by atoms with Gasteiger partial charge in [0.1, 0.15) is 5.75 Å². The van der Waals surface area contributed by atoms with Gasteiger partial charge in [-0.15, -0.1) is 0 Å². The van der Waals surface area contributed by atoms with Gasteiger partial charge in [-0.05, 0) is 31.4 Å². The van der Waals surface area contributed by atoms with Crippen LogP contribution in [0.2, 0.25) is 0 Å². The van der Waals surface area contributed by atoms with E-state index >= 15 is 0 Å². The summed E-state index contributed by atoms with van der Waals surface area (Å²) in [5, 5.41) is 1.06. The third kappa shape index (κ3) is 3.81. The molecular formula is C11H15BrO. The smallest absolute Gasteiger partial charge is 0.122 e. The molecule has 13 heavy (non-hydrogen) atoms. The zero-order valence-electron chi connectivity index (χ0n) is 7.92. The summed E-state index contributed by atoms with van der Waals surface area (Å²) in [6.07, 6.45) is 2.28. The number of benzene rings is 1. The Kier molecular flexibility index (Phi) is 4.91. The molecule has 0 aliphatic carbocycles. The Balaban J connectivity index is 2.32. The largest absolute Gasteiger partial charge is 0.493 e. The van der Waals surface area contributed by atoms with E-state index < -0.39 is 0 Å². The predicted octanol–water partition coefficient (Wildman–Crippen LogP) is 3.55. The summed E-state index contributed by atoms with van der Waals surface area (Å²) >= 11 is 3.39. The molecule has 0 fully saturated rings. The van der Waals surface area contributed by atoms with Crippen LogP contribution in [0.15, 0.2) is 24.3 Å². The average molecular weight is 243 g/mol. The second-order valence-electron chi connectivity index (χ2n) is 3.01. The Hall–Kier alpha value is -0.500. The Morgan fingerprint density at radius 1 is 1.23 bits per heavy atom. The summed E-state index contributed by atoms with van der Waals surface area (Å²) in [6, 6.07) is 8.12. The van der Waals surface area contributed by atoms with E-state index in [0.717, 1.165) is 24.1 Å². The van der Waals surface area contributed by atoms with Gasteiger partial charge >= 0.3 is 0 Å². The monoisotopic (exact) mass is 242 g/mol. The summed E-state index contributed by atoms with van der Waals surface area (Å²) in [7, 11) is 0. The van der Waals surface area contributed by atoms with Crippen molar-refractivity contribution < 1.29 is 4.74 Å². The molecule has 0 saturated carbocycles. The molecule has 1 rings (SSSR count). The second kappa shape index (κ2) is 6.03. The molecule has 0 amide bonds. The number of halogens is 1. The number of aryl methyl sites for hydroxylation is 1. The molecule has 1 aromatic rings. The van der Waals surface area contributed by atoms with Gasteiger partial charge in [0.25, 0.3) is 0 Å². The van der Waals surface area contributed by atoms with Crippen LogP contribution < -0.4 is 4.74 Å². The maximum Gasteiger partial charge on any atom is 0.122 e. The minimum Gasteiger partial charge on any atom is -0.493 e. The summed E-state index contributed by atoms with van der Waals surface area (Å²) in [5.41, 5.74) is 1.21. The fourth-order valence-electron chi connectivity index (χ4n) is 1.10. The van der Waals surface area contributed by atoms with Crippen molar-refractivity contribution in [3.8, 4) is 5.75 Å². The maximum atomic E-state index is 5.62. The zero-order valence-corrected chi connectivity index (χ0v) is 9.51. The molecule has 0 atom stereocenters. The normalized spacial score (nSPS) is 10.0. The average Bonchev–Trinajstić information content (AvgIpc) is 2.15. The van der Waals surface area contributed by atoms with Gasteiger partial charge in [-0.25, -0.2) is 0 Å². The molecule has 0 N–H and O–H groups in total. The van der Waals surface area contributed by atoms with Crippen molar-refractivity contribution in [2.24, 2.45) is 0 Å². The predicted molar refractivity (Wildman–Crippen MR) is 59.7 cm³/mol. The van der Waals surface area contributed by atoms with Gasteiger partial charge in [0.2, 0.25) is 0 Å². The molecule has 1 aromatic carbocycles. The summed E-state index contributed by atoms with van der Waals surface area (Å²) in [5.74, 6) is 1.01. The first-order valence-electron chi connectivity index (χ1n) is 4.59. The fourth-order valence-corrected chi connectivity index (χ4v) is 1.49. The van der Waals surface area contributed by atoms with Crippen LogP contribution in [0.25, 0.3) is 0 Å². The number of unbranched alkanes of at least 4 members (excludes halogenated alkanes) is 1. The Morgan fingerprint density at radius 3 is 2.69 bits per heavy atom. The van der Waals surface area contributed by atoms with Gasteiger partial charge in [0.15, 0.2) is 0 Å². The summed E-state index contributed by atoms with van der Waals surface area (Å²) in [4.78, 5) is 0. The van der Waals surface area contributed by atoms with Gasteiger partial charge in [-0.1, -0.05) is 34.1 Å². The third-order valence-electron chi connectivity index (χ3n) is 1.88. The van der Waals surface area contributed by atoms with E-state index in [-0.39, 0.29) is 0 Å². The Bertz CT molecular complexity index is 248.